The van der Waals surface area contributed by atoms with Gasteiger partial charge in [0.05, 0.1) is 0 Å². The van der Waals surface area contributed by atoms with Gasteiger partial charge >= 0.3 is 0 Å². The van der Waals surface area contributed by atoms with Crippen LogP contribution in [0.1, 0.15) is 57.2 Å². The lowest BCUT2D eigenvalue weighted by atomic mass is 9.87. The molecular weight excluding hydrogens is 464 g/mol. The van der Waals surface area contributed by atoms with Gasteiger partial charge in [-0.2, -0.15) is 0 Å². The topological polar surface area (TPSA) is 20.2 Å². The van der Waals surface area contributed by atoms with Crippen LogP contribution < -0.4 is 0 Å². The van der Waals surface area contributed by atoms with Gasteiger partial charge in [0.15, 0.2) is 0 Å². The van der Waals surface area contributed by atoms with Crippen LogP contribution in [0.5, 0.6) is 5.75 Å². The van der Waals surface area contributed by atoms with E-state index < -0.39 is 0 Å². The largest absolute Gasteiger partial charge is 0.508 e. The average Bonchev–Trinajstić information content (AvgIpc) is 2.83. The van der Waals surface area contributed by atoms with E-state index in [-0.39, 0.29) is 5.41 Å². The smallest absolute Gasteiger partial charge is 0.115 e. The lowest BCUT2D eigenvalue weighted by Crippen LogP contribution is -2.10. The van der Waals surface area contributed by atoms with Crippen molar-refractivity contribution in [1.82, 2.24) is 0 Å². The molecule has 4 aromatic rings. The summed E-state index contributed by atoms with van der Waals surface area (Å²) in [5, 5.41) is 9.24. The molecule has 0 bridgehead atoms. The lowest BCUT2D eigenvalue weighted by Gasteiger charge is -2.19. The summed E-state index contributed by atoms with van der Waals surface area (Å²) in [6, 6.07) is 33.5. The van der Waals surface area contributed by atoms with Crippen LogP contribution in [-0.2, 0) is 5.41 Å². The van der Waals surface area contributed by atoms with Gasteiger partial charge in [0.1, 0.15) is 5.75 Å². The van der Waals surface area contributed by atoms with E-state index in [9.17, 15) is 5.11 Å². The van der Waals surface area contributed by atoms with Gasteiger partial charge in [-0.15, -0.1) is 0 Å². The van der Waals surface area contributed by atoms with Crippen LogP contribution in [0, 0.1) is 6.92 Å². The van der Waals surface area contributed by atoms with Gasteiger partial charge in [0.2, 0.25) is 0 Å². The Bertz CT molecular complexity index is 1170. The Morgan fingerprint density at radius 1 is 0.571 bits per heavy atom. The van der Waals surface area contributed by atoms with E-state index in [1.54, 1.807) is 23.9 Å². The SMILES string of the molecule is CC(C)(C)c1ccc(Sc2ccc(O)cc2)cc1.Cc1ccc(Sc2ccc(C(C)C)cc2)cc1. The number of phenolic OH excluding ortho intramolecular Hbond substituents is 1. The normalized spacial score (nSPS) is 11.2. The van der Waals surface area contributed by atoms with Crippen LogP contribution in [0.25, 0.3) is 0 Å². The molecule has 0 unspecified atom stereocenters. The summed E-state index contributed by atoms with van der Waals surface area (Å²) in [5.41, 5.74) is 4.25. The predicted octanol–water partition coefficient (Wildman–Crippen LogP) is 10.1. The van der Waals surface area contributed by atoms with E-state index in [4.69, 9.17) is 0 Å². The first-order valence-electron chi connectivity index (χ1n) is 12.0. The van der Waals surface area contributed by atoms with Crippen molar-refractivity contribution in [2.75, 3.05) is 0 Å². The van der Waals surface area contributed by atoms with Gasteiger partial charge in [-0.05, 0) is 90.0 Å². The van der Waals surface area contributed by atoms with E-state index in [0.29, 0.717) is 11.7 Å². The van der Waals surface area contributed by atoms with E-state index in [2.05, 4.69) is 114 Å². The van der Waals surface area contributed by atoms with Crippen LogP contribution in [0.2, 0.25) is 0 Å². The summed E-state index contributed by atoms with van der Waals surface area (Å²) < 4.78 is 0. The van der Waals surface area contributed by atoms with Crippen molar-refractivity contribution >= 4 is 23.5 Å². The highest BCUT2D eigenvalue weighted by atomic mass is 32.2. The number of aromatic hydroxyl groups is 1. The Morgan fingerprint density at radius 3 is 1.34 bits per heavy atom. The van der Waals surface area contributed by atoms with Gasteiger partial charge in [0.25, 0.3) is 0 Å². The molecule has 0 saturated heterocycles. The van der Waals surface area contributed by atoms with E-state index in [0.717, 1.165) is 4.90 Å². The summed E-state index contributed by atoms with van der Waals surface area (Å²) in [6.45, 7) is 13.2. The zero-order valence-corrected chi connectivity index (χ0v) is 23.2. The first kappa shape index (κ1) is 27.0. The van der Waals surface area contributed by atoms with Crippen LogP contribution in [-0.4, -0.2) is 5.11 Å². The zero-order chi connectivity index (χ0) is 25.4. The molecule has 0 aromatic heterocycles. The molecule has 0 heterocycles. The van der Waals surface area contributed by atoms with Crippen molar-refractivity contribution in [2.24, 2.45) is 0 Å². The third-order valence-electron chi connectivity index (χ3n) is 5.60. The number of benzene rings is 4. The average molecular weight is 501 g/mol. The molecule has 182 valence electrons. The third kappa shape index (κ3) is 8.83. The molecule has 3 heteroatoms. The van der Waals surface area contributed by atoms with Gasteiger partial charge in [0, 0.05) is 19.6 Å². The fourth-order valence-electron chi connectivity index (χ4n) is 3.34. The molecule has 4 aromatic carbocycles. The first-order chi connectivity index (χ1) is 16.6. The van der Waals surface area contributed by atoms with Crippen LogP contribution in [0.4, 0.5) is 0 Å². The summed E-state index contributed by atoms with van der Waals surface area (Å²) in [4.78, 5) is 4.95. The standard InChI is InChI=1S/C16H18OS.C16H18S/c1-16(2,3)12-4-8-14(9-5-12)18-15-10-6-13(17)7-11-15;1-12(2)14-6-10-16(11-7-14)17-15-8-4-13(3)5-9-15/h4-11,17H,1-3H3;4-12H,1-3H3. The molecule has 0 fully saturated rings. The number of rotatable bonds is 5. The van der Waals surface area contributed by atoms with Crippen molar-refractivity contribution in [3.05, 3.63) is 114 Å². The fourth-order valence-corrected chi connectivity index (χ4v) is 4.97. The number of hydrogen-bond acceptors (Lipinski definition) is 3. The van der Waals surface area contributed by atoms with E-state index in [1.165, 1.54) is 31.4 Å². The fraction of sp³-hybridized carbons (Fsp3) is 0.250. The second-order valence-corrected chi connectivity index (χ2v) is 12.3. The molecule has 0 amide bonds. The van der Waals surface area contributed by atoms with Gasteiger partial charge in [-0.1, -0.05) is 100 Å². The zero-order valence-electron chi connectivity index (χ0n) is 21.6. The highest BCUT2D eigenvalue weighted by Crippen LogP contribution is 2.31. The van der Waals surface area contributed by atoms with E-state index >= 15 is 0 Å². The molecule has 35 heavy (non-hydrogen) atoms. The summed E-state index contributed by atoms with van der Waals surface area (Å²) >= 11 is 3.52. The van der Waals surface area contributed by atoms with E-state index in [1.807, 2.05) is 23.9 Å². The molecule has 0 aliphatic rings. The monoisotopic (exact) mass is 500 g/mol. The number of hydrogen-bond donors (Lipinski definition) is 1. The summed E-state index contributed by atoms with van der Waals surface area (Å²) in [5.74, 6) is 0.913. The Kier molecular flexibility index (Phi) is 9.54. The minimum Gasteiger partial charge on any atom is -0.508 e. The quantitative estimate of drug-likeness (QED) is 0.294. The van der Waals surface area contributed by atoms with Crippen LogP contribution >= 0.6 is 23.5 Å². The Labute approximate surface area is 220 Å². The van der Waals surface area contributed by atoms with Gasteiger partial charge in [-0.25, -0.2) is 0 Å². The van der Waals surface area contributed by atoms with Crippen molar-refractivity contribution in [2.45, 2.75) is 72.5 Å². The number of phenols is 1. The molecule has 1 N–H and O–H groups in total. The van der Waals surface area contributed by atoms with Gasteiger partial charge in [-0.3, -0.25) is 0 Å². The summed E-state index contributed by atoms with van der Waals surface area (Å²) in [7, 11) is 0. The molecule has 4 rings (SSSR count). The van der Waals surface area contributed by atoms with Crippen LogP contribution in [0.3, 0.4) is 0 Å². The minimum absolute atomic E-state index is 0.196. The van der Waals surface area contributed by atoms with Gasteiger partial charge < -0.3 is 5.11 Å². The summed E-state index contributed by atoms with van der Waals surface area (Å²) in [6.07, 6.45) is 0. The molecule has 1 nitrogen and oxygen atoms in total. The highest BCUT2D eigenvalue weighted by Gasteiger charge is 2.12. The maximum atomic E-state index is 9.24. The van der Waals surface area contributed by atoms with Crippen molar-refractivity contribution in [3.8, 4) is 5.75 Å². The van der Waals surface area contributed by atoms with Crippen molar-refractivity contribution in [3.63, 3.8) is 0 Å². The molecule has 0 spiro atoms. The Hall–Kier alpha value is -2.62. The maximum Gasteiger partial charge on any atom is 0.115 e. The minimum atomic E-state index is 0.196. The molecule has 0 aliphatic heterocycles. The van der Waals surface area contributed by atoms with Crippen molar-refractivity contribution in [1.29, 1.82) is 0 Å². The first-order valence-corrected chi connectivity index (χ1v) is 13.7. The predicted molar refractivity (Wildman–Crippen MR) is 153 cm³/mol. The van der Waals surface area contributed by atoms with Crippen LogP contribution in [0.15, 0.2) is 117 Å². The third-order valence-corrected chi connectivity index (χ3v) is 7.63. The molecule has 0 atom stereocenters. The molecule has 0 aliphatic carbocycles. The molecule has 0 radical (unpaired) electrons. The Morgan fingerprint density at radius 2 is 0.943 bits per heavy atom. The second-order valence-electron chi connectivity index (χ2n) is 10.0. The lowest BCUT2D eigenvalue weighted by molar-refractivity contribution is 0.475. The van der Waals surface area contributed by atoms with Crippen molar-refractivity contribution < 1.29 is 5.11 Å². The maximum absolute atomic E-state index is 9.24. The number of aryl methyl sites for hydroxylation is 1. The Balaban J connectivity index is 0.000000196. The molecular formula is C32H36OS2. The second kappa shape index (κ2) is 12.4. The molecule has 0 saturated carbocycles. The highest BCUT2D eigenvalue weighted by molar-refractivity contribution is 7.99.